The van der Waals surface area contributed by atoms with Crippen LogP contribution in [0.15, 0.2) is 53.5 Å². The number of nitrogens with one attached hydrogen (secondary N) is 1. The molecule has 8 nitrogen and oxygen atoms in total. The first kappa shape index (κ1) is 21.2. The first-order valence-corrected chi connectivity index (χ1v) is 11.0. The predicted octanol–water partition coefficient (Wildman–Crippen LogP) is 4.07. The summed E-state index contributed by atoms with van der Waals surface area (Å²) in [7, 11) is 1.51. The number of carbonyl (C=O) groups is 1. The summed E-state index contributed by atoms with van der Waals surface area (Å²) < 4.78 is 8.16. The molecule has 0 bridgehead atoms. The maximum absolute atomic E-state index is 13.5. The second kappa shape index (κ2) is 8.37. The molecule has 1 saturated carbocycles. The molecule has 5 rings (SSSR count). The van der Waals surface area contributed by atoms with Crippen molar-refractivity contribution in [3.05, 3.63) is 75.3 Å². The summed E-state index contributed by atoms with van der Waals surface area (Å²) in [5.74, 6) is 0.331. The largest absolute Gasteiger partial charge is 0.495 e. The van der Waals surface area contributed by atoms with Crippen molar-refractivity contribution in [2.75, 3.05) is 12.4 Å². The van der Waals surface area contributed by atoms with Gasteiger partial charge in [-0.25, -0.2) is 9.36 Å². The zero-order valence-corrected chi connectivity index (χ0v) is 19.0. The SMILES string of the molecule is COc1ccc(Cl)cc1NC(=O)Cn1nc(C2CC2)c2cnn(-c3ccccc3C)c2c1=O. The molecule has 1 amide bonds. The molecule has 9 heteroatoms. The number of carbonyl (C=O) groups excluding carboxylic acids is 1. The van der Waals surface area contributed by atoms with Gasteiger partial charge < -0.3 is 10.1 Å². The van der Waals surface area contributed by atoms with Crippen LogP contribution < -0.4 is 15.6 Å². The van der Waals surface area contributed by atoms with Gasteiger partial charge in [0.1, 0.15) is 17.8 Å². The molecule has 168 valence electrons. The zero-order valence-electron chi connectivity index (χ0n) is 18.2. The Balaban J connectivity index is 1.56. The van der Waals surface area contributed by atoms with Gasteiger partial charge in [0.2, 0.25) is 5.91 Å². The van der Waals surface area contributed by atoms with Gasteiger partial charge >= 0.3 is 0 Å². The van der Waals surface area contributed by atoms with Gasteiger partial charge in [0, 0.05) is 16.3 Å². The highest BCUT2D eigenvalue weighted by Gasteiger charge is 2.30. The van der Waals surface area contributed by atoms with Gasteiger partial charge in [-0.1, -0.05) is 29.8 Å². The number of anilines is 1. The summed E-state index contributed by atoms with van der Waals surface area (Å²) in [4.78, 5) is 26.3. The fourth-order valence-electron chi connectivity index (χ4n) is 3.95. The van der Waals surface area contributed by atoms with E-state index < -0.39 is 5.91 Å². The molecule has 33 heavy (non-hydrogen) atoms. The second-order valence-electron chi connectivity index (χ2n) is 8.12. The van der Waals surface area contributed by atoms with Crippen molar-refractivity contribution < 1.29 is 9.53 Å². The molecule has 0 saturated heterocycles. The van der Waals surface area contributed by atoms with Crippen molar-refractivity contribution >= 4 is 34.1 Å². The molecule has 2 aromatic heterocycles. The predicted molar refractivity (Wildman–Crippen MR) is 126 cm³/mol. The Labute approximate surface area is 194 Å². The highest BCUT2D eigenvalue weighted by molar-refractivity contribution is 6.31. The summed E-state index contributed by atoms with van der Waals surface area (Å²) in [6, 6.07) is 12.7. The molecular weight excluding hydrogens is 442 g/mol. The Morgan fingerprint density at radius 1 is 1.24 bits per heavy atom. The van der Waals surface area contributed by atoms with Gasteiger partial charge in [-0.3, -0.25) is 9.59 Å². The lowest BCUT2D eigenvalue weighted by molar-refractivity contribution is -0.117. The molecule has 2 heterocycles. The number of methoxy groups -OCH3 is 1. The van der Waals surface area contributed by atoms with Gasteiger partial charge in [0.25, 0.3) is 5.56 Å². The summed E-state index contributed by atoms with van der Waals surface area (Å²) in [6.07, 6.45) is 3.70. The van der Waals surface area contributed by atoms with Gasteiger partial charge in [-0.05, 0) is 49.6 Å². The van der Waals surface area contributed by atoms with Crippen molar-refractivity contribution in [1.29, 1.82) is 0 Å². The summed E-state index contributed by atoms with van der Waals surface area (Å²) in [5, 5.41) is 13.0. The summed E-state index contributed by atoms with van der Waals surface area (Å²) in [5.41, 5.74) is 3.09. The minimum Gasteiger partial charge on any atom is -0.495 e. The van der Waals surface area contributed by atoms with E-state index in [9.17, 15) is 9.59 Å². The number of fused-ring (bicyclic) bond motifs is 1. The van der Waals surface area contributed by atoms with Crippen LogP contribution in [0.2, 0.25) is 5.02 Å². The van der Waals surface area contributed by atoms with Crippen molar-refractivity contribution in [2.24, 2.45) is 0 Å². The standard InChI is InChI=1S/C24H22ClN5O3/c1-14-5-3-4-6-19(14)30-23-17(12-26-30)22(15-7-8-15)28-29(24(23)32)13-21(31)27-18-11-16(25)9-10-20(18)33-2/h3-6,9-12,15H,7-8,13H2,1-2H3,(H,27,31). The molecule has 0 spiro atoms. The zero-order chi connectivity index (χ0) is 23.1. The van der Waals surface area contributed by atoms with E-state index in [1.807, 2.05) is 31.2 Å². The Morgan fingerprint density at radius 3 is 2.76 bits per heavy atom. The lowest BCUT2D eigenvalue weighted by Gasteiger charge is -2.13. The van der Waals surface area contributed by atoms with Gasteiger partial charge in [-0.2, -0.15) is 10.2 Å². The van der Waals surface area contributed by atoms with Gasteiger partial charge in [0.15, 0.2) is 0 Å². The fourth-order valence-corrected chi connectivity index (χ4v) is 4.12. The van der Waals surface area contributed by atoms with Crippen LogP contribution in [-0.2, 0) is 11.3 Å². The van der Waals surface area contributed by atoms with Crippen LogP contribution in [0.5, 0.6) is 5.75 Å². The average molecular weight is 464 g/mol. The van der Waals surface area contributed by atoms with Crippen LogP contribution in [-0.4, -0.2) is 32.6 Å². The van der Waals surface area contributed by atoms with Crippen molar-refractivity contribution in [3.8, 4) is 11.4 Å². The number of ether oxygens (including phenoxy) is 1. The normalized spacial score (nSPS) is 13.3. The maximum Gasteiger partial charge on any atom is 0.293 e. The first-order valence-electron chi connectivity index (χ1n) is 10.6. The molecule has 2 aromatic carbocycles. The summed E-state index contributed by atoms with van der Waals surface area (Å²) >= 11 is 6.06. The first-order chi connectivity index (χ1) is 16.0. The van der Waals surface area contributed by atoms with Crippen molar-refractivity contribution in [2.45, 2.75) is 32.2 Å². The Hall–Kier alpha value is -3.65. The van der Waals surface area contributed by atoms with Crippen LogP contribution in [0.25, 0.3) is 16.6 Å². The lowest BCUT2D eigenvalue weighted by Crippen LogP contribution is -2.31. The molecule has 0 aliphatic heterocycles. The molecular formula is C24H22ClN5O3. The number of para-hydroxylation sites is 1. The van der Waals surface area contributed by atoms with E-state index in [1.165, 1.54) is 11.8 Å². The van der Waals surface area contributed by atoms with Crippen LogP contribution in [0.1, 0.15) is 30.0 Å². The molecule has 1 N–H and O–H groups in total. The minimum absolute atomic E-state index is 0.247. The van der Waals surface area contributed by atoms with Gasteiger partial charge in [-0.15, -0.1) is 0 Å². The molecule has 1 aliphatic carbocycles. The Morgan fingerprint density at radius 2 is 2.03 bits per heavy atom. The van der Waals surface area contributed by atoms with E-state index in [2.05, 4.69) is 15.5 Å². The molecule has 0 radical (unpaired) electrons. The fraction of sp³-hybridized carbons (Fsp3) is 0.250. The number of aryl methyl sites for hydroxylation is 1. The second-order valence-corrected chi connectivity index (χ2v) is 8.56. The molecule has 1 fully saturated rings. The summed E-state index contributed by atoms with van der Waals surface area (Å²) in [6.45, 7) is 1.72. The van der Waals surface area contributed by atoms with Crippen LogP contribution in [0.4, 0.5) is 5.69 Å². The molecule has 1 aliphatic rings. The molecule has 4 aromatic rings. The topological polar surface area (TPSA) is 91.0 Å². The molecule has 0 unspecified atom stereocenters. The van der Waals surface area contributed by atoms with E-state index in [0.717, 1.165) is 35.2 Å². The third-order valence-electron chi connectivity index (χ3n) is 5.75. The third kappa shape index (κ3) is 3.98. The Kier molecular flexibility index (Phi) is 5.38. The third-order valence-corrected chi connectivity index (χ3v) is 5.98. The van der Waals surface area contributed by atoms with Crippen LogP contribution in [0.3, 0.4) is 0 Å². The van der Waals surface area contributed by atoms with E-state index in [-0.39, 0.29) is 18.0 Å². The monoisotopic (exact) mass is 463 g/mol. The van der Waals surface area contributed by atoms with Crippen LogP contribution >= 0.6 is 11.6 Å². The number of aromatic nitrogens is 4. The van der Waals surface area contributed by atoms with E-state index >= 15 is 0 Å². The number of hydrogen-bond acceptors (Lipinski definition) is 5. The number of hydrogen-bond donors (Lipinski definition) is 1. The quantitative estimate of drug-likeness (QED) is 0.465. The van der Waals surface area contributed by atoms with Crippen LogP contribution in [0, 0.1) is 6.92 Å². The highest BCUT2D eigenvalue weighted by atomic mass is 35.5. The lowest BCUT2D eigenvalue weighted by atomic mass is 10.2. The average Bonchev–Trinajstić information content (AvgIpc) is 3.54. The van der Waals surface area contributed by atoms with Crippen molar-refractivity contribution in [1.82, 2.24) is 19.6 Å². The smallest absolute Gasteiger partial charge is 0.293 e. The Bertz CT molecular complexity index is 1440. The minimum atomic E-state index is -0.409. The number of benzene rings is 2. The van der Waals surface area contributed by atoms with Crippen molar-refractivity contribution in [3.63, 3.8) is 0 Å². The highest BCUT2D eigenvalue weighted by Crippen LogP contribution is 2.41. The number of rotatable bonds is 6. The van der Waals surface area contributed by atoms with Gasteiger partial charge in [0.05, 0.1) is 30.4 Å². The van der Waals surface area contributed by atoms with E-state index in [4.69, 9.17) is 16.3 Å². The molecule has 0 atom stereocenters. The number of halogens is 1. The van der Waals surface area contributed by atoms with E-state index in [1.54, 1.807) is 29.1 Å². The maximum atomic E-state index is 13.5. The number of amides is 1. The van der Waals surface area contributed by atoms with E-state index in [0.29, 0.717) is 22.0 Å². The number of nitrogens with zero attached hydrogens (tertiary/aromatic N) is 4.